The smallest absolute Gasteiger partial charge is 0.313 e. The molecule has 1 aliphatic rings. The van der Waals surface area contributed by atoms with Crippen molar-refractivity contribution in [3.05, 3.63) is 65.7 Å². The lowest BCUT2D eigenvalue weighted by Gasteiger charge is -2.21. The minimum Gasteiger partial charge on any atom is -0.489 e. The molecule has 0 saturated heterocycles. The SMILES string of the molecule is COC(=O)[C@]1(Cc2cccc(OCc3ccccc3)c2)C[C@H]1C(=O)OC(C)(C)C. The fraction of sp³-hybridized carbons (Fsp3) is 0.417. The quantitative estimate of drug-likeness (QED) is 0.652. The number of carbonyl (C=O) groups is 2. The van der Waals surface area contributed by atoms with Crippen molar-refractivity contribution < 1.29 is 23.8 Å². The van der Waals surface area contributed by atoms with Crippen LogP contribution in [0.4, 0.5) is 0 Å². The highest BCUT2D eigenvalue weighted by molar-refractivity contribution is 5.91. The molecule has 3 rings (SSSR count). The van der Waals surface area contributed by atoms with E-state index in [1.54, 1.807) is 0 Å². The van der Waals surface area contributed by atoms with Gasteiger partial charge in [0.2, 0.25) is 0 Å². The van der Waals surface area contributed by atoms with Gasteiger partial charge < -0.3 is 14.2 Å². The maximum absolute atomic E-state index is 12.5. The second kappa shape index (κ2) is 8.27. The van der Waals surface area contributed by atoms with Gasteiger partial charge in [0.1, 0.15) is 18.0 Å². The van der Waals surface area contributed by atoms with Gasteiger partial charge in [0, 0.05) is 0 Å². The summed E-state index contributed by atoms with van der Waals surface area (Å²) >= 11 is 0. The molecule has 154 valence electrons. The highest BCUT2D eigenvalue weighted by atomic mass is 16.6. The van der Waals surface area contributed by atoms with Crippen molar-refractivity contribution in [2.45, 2.75) is 45.8 Å². The molecule has 0 unspecified atom stereocenters. The molecule has 2 atom stereocenters. The van der Waals surface area contributed by atoms with Crippen LogP contribution in [-0.4, -0.2) is 24.6 Å². The van der Waals surface area contributed by atoms with Crippen LogP contribution in [0.3, 0.4) is 0 Å². The zero-order valence-corrected chi connectivity index (χ0v) is 17.4. The number of rotatable bonds is 7. The van der Waals surface area contributed by atoms with Crippen LogP contribution in [0.15, 0.2) is 54.6 Å². The standard InChI is InChI=1S/C24H28O5/c1-23(2,3)29-21(25)20-15-24(20,22(26)27-4)14-18-11-8-12-19(13-18)28-16-17-9-6-5-7-10-17/h5-13,20H,14-16H2,1-4H3/t20-,24+/m0/s1. The largest absolute Gasteiger partial charge is 0.489 e. The Labute approximate surface area is 172 Å². The third-order valence-corrected chi connectivity index (χ3v) is 5.02. The number of carbonyl (C=O) groups excluding carboxylic acids is 2. The molecule has 0 aromatic heterocycles. The Kier molecular flexibility index (Phi) is 5.96. The highest BCUT2D eigenvalue weighted by Crippen LogP contribution is 2.56. The first-order valence-corrected chi connectivity index (χ1v) is 9.80. The van der Waals surface area contributed by atoms with Gasteiger partial charge in [-0.2, -0.15) is 0 Å². The average Bonchev–Trinajstić information content (AvgIpc) is 3.41. The van der Waals surface area contributed by atoms with Crippen LogP contribution in [0, 0.1) is 11.3 Å². The van der Waals surface area contributed by atoms with E-state index < -0.39 is 16.9 Å². The summed E-state index contributed by atoms with van der Waals surface area (Å²) in [4.78, 5) is 25.0. The summed E-state index contributed by atoms with van der Waals surface area (Å²) in [6, 6.07) is 17.5. The van der Waals surface area contributed by atoms with E-state index in [1.165, 1.54) is 7.11 Å². The van der Waals surface area contributed by atoms with E-state index in [9.17, 15) is 9.59 Å². The molecule has 5 heteroatoms. The molecule has 0 radical (unpaired) electrons. The number of ether oxygens (including phenoxy) is 3. The van der Waals surface area contributed by atoms with E-state index in [4.69, 9.17) is 14.2 Å². The molecule has 0 bridgehead atoms. The Morgan fingerprint density at radius 2 is 1.72 bits per heavy atom. The van der Waals surface area contributed by atoms with Crippen molar-refractivity contribution in [3.8, 4) is 5.75 Å². The van der Waals surface area contributed by atoms with Gasteiger partial charge in [0.15, 0.2) is 0 Å². The van der Waals surface area contributed by atoms with Gasteiger partial charge >= 0.3 is 11.9 Å². The van der Waals surface area contributed by atoms with Gasteiger partial charge in [0.25, 0.3) is 0 Å². The van der Waals surface area contributed by atoms with Crippen molar-refractivity contribution in [2.24, 2.45) is 11.3 Å². The van der Waals surface area contributed by atoms with Gasteiger partial charge in [-0.15, -0.1) is 0 Å². The van der Waals surface area contributed by atoms with Crippen LogP contribution in [0.5, 0.6) is 5.75 Å². The Bertz CT molecular complexity index is 868. The number of benzene rings is 2. The Morgan fingerprint density at radius 1 is 1.03 bits per heavy atom. The Balaban J connectivity index is 1.71. The molecule has 1 aliphatic carbocycles. The fourth-order valence-electron chi connectivity index (χ4n) is 3.53. The second-order valence-corrected chi connectivity index (χ2v) is 8.54. The first-order chi connectivity index (χ1) is 13.7. The minimum atomic E-state index is -0.866. The molecule has 0 spiro atoms. The lowest BCUT2D eigenvalue weighted by molar-refractivity contribution is -0.161. The van der Waals surface area contributed by atoms with Gasteiger partial charge in [-0.25, -0.2) is 0 Å². The molecule has 0 amide bonds. The van der Waals surface area contributed by atoms with E-state index >= 15 is 0 Å². The Morgan fingerprint density at radius 3 is 2.38 bits per heavy atom. The first kappa shape index (κ1) is 20.9. The molecular weight excluding hydrogens is 368 g/mol. The summed E-state index contributed by atoms with van der Waals surface area (Å²) in [5, 5.41) is 0. The molecule has 2 aromatic carbocycles. The summed E-state index contributed by atoms with van der Waals surface area (Å²) in [6.45, 7) is 5.93. The molecular formula is C24H28O5. The van der Waals surface area contributed by atoms with Crippen LogP contribution in [0.25, 0.3) is 0 Å². The van der Waals surface area contributed by atoms with Crippen LogP contribution < -0.4 is 4.74 Å². The Hall–Kier alpha value is -2.82. The summed E-state index contributed by atoms with van der Waals surface area (Å²) in [7, 11) is 1.36. The molecule has 5 nitrogen and oxygen atoms in total. The van der Waals surface area contributed by atoms with E-state index in [-0.39, 0.29) is 11.9 Å². The molecule has 0 heterocycles. The average molecular weight is 396 g/mol. The summed E-state index contributed by atoms with van der Waals surface area (Å²) in [6.07, 6.45) is 0.843. The van der Waals surface area contributed by atoms with Gasteiger partial charge in [0.05, 0.1) is 18.4 Å². The third-order valence-electron chi connectivity index (χ3n) is 5.02. The van der Waals surface area contributed by atoms with Crippen molar-refractivity contribution in [1.82, 2.24) is 0 Å². The number of methoxy groups -OCH3 is 1. The topological polar surface area (TPSA) is 61.8 Å². The zero-order chi connectivity index (χ0) is 21.1. The molecule has 0 aliphatic heterocycles. The van der Waals surface area contributed by atoms with Crippen molar-refractivity contribution >= 4 is 11.9 Å². The van der Waals surface area contributed by atoms with Gasteiger partial charge in [-0.3, -0.25) is 9.59 Å². The van der Waals surface area contributed by atoms with Crippen molar-refractivity contribution in [2.75, 3.05) is 7.11 Å². The van der Waals surface area contributed by atoms with Crippen molar-refractivity contribution in [1.29, 1.82) is 0 Å². The summed E-state index contributed by atoms with van der Waals surface area (Å²) in [5.74, 6) is -0.479. The summed E-state index contributed by atoms with van der Waals surface area (Å²) < 4.78 is 16.4. The molecule has 2 aromatic rings. The maximum Gasteiger partial charge on any atom is 0.313 e. The molecule has 29 heavy (non-hydrogen) atoms. The van der Waals surface area contributed by atoms with Gasteiger partial charge in [-0.1, -0.05) is 42.5 Å². The van der Waals surface area contributed by atoms with Crippen LogP contribution in [0.1, 0.15) is 38.3 Å². The predicted octanol–water partition coefficient (Wildman–Crippen LogP) is 4.33. The van der Waals surface area contributed by atoms with E-state index in [2.05, 4.69) is 0 Å². The molecule has 0 N–H and O–H groups in total. The first-order valence-electron chi connectivity index (χ1n) is 9.80. The maximum atomic E-state index is 12.5. The van der Waals surface area contributed by atoms with E-state index in [1.807, 2.05) is 75.4 Å². The van der Waals surface area contributed by atoms with Crippen LogP contribution >= 0.6 is 0 Å². The number of hydrogen-bond donors (Lipinski definition) is 0. The minimum absolute atomic E-state index is 0.348. The highest BCUT2D eigenvalue weighted by Gasteiger charge is 2.65. The van der Waals surface area contributed by atoms with Gasteiger partial charge in [-0.05, 0) is 56.9 Å². The van der Waals surface area contributed by atoms with Crippen LogP contribution in [-0.2, 0) is 32.1 Å². The van der Waals surface area contributed by atoms with Crippen molar-refractivity contribution in [3.63, 3.8) is 0 Å². The number of hydrogen-bond acceptors (Lipinski definition) is 5. The predicted molar refractivity (Wildman–Crippen MR) is 109 cm³/mol. The second-order valence-electron chi connectivity index (χ2n) is 8.54. The fourth-order valence-corrected chi connectivity index (χ4v) is 3.53. The summed E-state index contributed by atoms with van der Waals surface area (Å²) in [5.41, 5.74) is 0.546. The zero-order valence-electron chi connectivity index (χ0n) is 17.4. The molecule has 1 saturated carbocycles. The lowest BCUT2D eigenvalue weighted by atomic mass is 9.93. The normalized spacial score (nSPS) is 20.6. The third kappa shape index (κ3) is 5.17. The van der Waals surface area contributed by atoms with Crippen LogP contribution in [0.2, 0.25) is 0 Å². The number of esters is 2. The monoisotopic (exact) mass is 396 g/mol. The molecule has 1 fully saturated rings. The van der Waals surface area contributed by atoms with E-state index in [0.717, 1.165) is 16.9 Å². The van der Waals surface area contributed by atoms with E-state index in [0.29, 0.717) is 19.4 Å². The lowest BCUT2D eigenvalue weighted by Crippen LogP contribution is -2.30.